The van der Waals surface area contributed by atoms with Crippen LogP contribution in [0, 0.1) is 5.41 Å². The second-order valence-corrected chi connectivity index (χ2v) is 6.56. The zero-order valence-electron chi connectivity index (χ0n) is 8.03. The van der Waals surface area contributed by atoms with Gasteiger partial charge in [-0.3, -0.25) is 0 Å². The number of alkyl halides is 2. The maximum Gasteiger partial charge on any atom is 0.0285 e. The monoisotopic (exact) mass is 402 g/mol. The normalized spacial score (nSPS) is 12.0. The highest BCUT2D eigenvalue weighted by molar-refractivity contribution is 9.10. The van der Waals surface area contributed by atoms with Crippen molar-refractivity contribution in [3.8, 4) is 0 Å². The third kappa shape index (κ3) is 3.32. The van der Waals surface area contributed by atoms with Crippen molar-refractivity contribution in [2.24, 2.45) is 5.41 Å². The van der Waals surface area contributed by atoms with E-state index in [0.29, 0.717) is 5.41 Å². The largest absolute Gasteiger partial charge is 0.148 e. The maximum atomic E-state index is 3.62. The van der Waals surface area contributed by atoms with Gasteiger partial charge in [-0.1, -0.05) is 38.8 Å². The first-order valence-electron chi connectivity index (χ1n) is 4.50. The Morgan fingerprint density at radius 2 is 2.00 bits per heavy atom. The minimum atomic E-state index is 0.365. The highest BCUT2D eigenvalue weighted by Crippen LogP contribution is 2.34. The molecule has 0 unspecified atom stereocenters. The number of hydrogen-bond acceptors (Lipinski definition) is 1. The number of thiophene rings is 1. The van der Waals surface area contributed by atoms with Crippen molar-refractivity contribution in [1.82, 2.24) is 0 Å². The molecule has 4 heteroatoms. The van der Waals surface area contributed by atoms with Crippen LogP contribution in [0.25, 0.3) is 0 Å². The minimum Gasteiger partial charge on any atom is -0.148 e. The van der Waals surface area contributed by atoms with Gasteiger partial charge in [0.15, 0.2) is 0 Å². The maximum absolute atomic E-state index is 3.62. The topological polar surface area (TPSA) is 0 Å². The number of hydrogen-bond donors (Lipinski definition) is 0. The zero-order valence-corrected chi connectivity index (χ0v) is 13.6. The molecule has 0 nitrogen and oxygen atoms in total. The summed E-state index contributed by atoms with van der Waals surface area (Å²) >= 11 is 12.6. The standard InChI is InChI=1S/C10H13Br3S/c1-2-10(6-11,7-12)4-9-3-8(13)5-14-9/h3,5H,2,4,6-7H2,1H3. The van der Waals surface area contributed by atoms with E-state index in [1.165, 1.54) is 15.8 Å². The lowest BCUT2D eigenvalue weighted by molar-refractivity contribution is 0.376. The average molecular weight is 405 g/mol. The first kappa shape index (κ1) is 13.2. The van der Waals surface area contributed by atoms with Crippen LogP contribution in [-0.4, -0.2) is 10.7 Å². The van der Waals surface area contributed by atoms with Gasteiger partial charge >= 0.3 is 0 Å². The molecule has 1 aromatic rings. The SMILES string of the molecule is CCC(CBr)(CBr)Cc1cc(Br)cs1. The summed E-state index contributed by atoms with van der Waals surface area (Å²) in [6.07, 6.45) is 2.34. The lowest BCUT2D eigenvalue weighted by Crippen LogP contribution is -2.26. The summed E-state index contributed by atoms with van der Waals surface area (Å²) in [5.74, 6) is 0. The minimum absolute atomic E-state index is 0.365. The van der Waals surface area contributed by atoms with Crippen molar-refractivity contribution >= 4 is 59.1 Å². The van der Waals surface area contributed by atoms with Gasteiger partial charge in [-0.25, -0.2) is 0 Å². The fraction of sp³-hybridized carbons (Fsp3) is 0.600. The van der Waals surface area contributed by atoms with Crippen LogP contribution in [0.15, 0.2) is 15.9 Å². The zero-order chi connectivity index (χ0) is 10.6. The summed E-state index contributed by atoms with van der Waals surface area (Å²) in [4.78, 5) is 1.46. The fourth-order valence-corrected chi connectivity index (χ4v) is 5.00. The van der Waals surface area contributed by atoms with Crippen LogP contribution in [0.4, 0.5) is 0 Å². The Hall–Kier alpha value is 1.14. The molecule has 0 radical (unpaired) electrons. The van der Waals surface area contributed by atoms with Crippen LogP contribution in [0.1, 0.15) is 18.2 Å². The van der Waals surface area contributed by atoms with E-state index in [0.717, 1.165) is 17.1 Å². The van der Waals surface area contributed by atoms with E-state index in [1.807, 2.05) is 11.3 Å². The van der Waals surface area contributed by atoms with Gasteiger partial charge in [-0.15, -0.1) is 11.3 Å². The molecule has 0 saturated carbocycles. The second-order valence-electron chi connectivity index (χ2n) is 3.53. The van der Waals surface area contributed by atoms with Gasteiger partial charge in [0.1, 0.15) is 0 Å². The molecule has 1 aromatic heterocycles. The second kappa shape index (κ2) is 6.02. The summed E-state index contributed by atoms with van der Waals surface area (Å²) in [6.45, 7) is 2.26. The molecular formula is C10H13Br3S. The molecule has 0 fully saturated rings. The van der Waals surface area contributed by atoms with E-state index in [4.69, 9.17) is 0 Å². The Balaban J connectivity index is 2.73. The van der Waals surface area contributed by atoms with Crippen molar-refractivity contribution in [3.63, 3.8) is 0 Å². The third-order valence-corrected chi connectivity index (χ3v) is 6.56. The molecule has 0 saturated heterocycles. The lowest BCUT2D eigenvalue weighted by atomic mass is 9.86. The van der Waals surface area contributed by atoms with Crippen LogP contribution < -0.4 is 0 Å². The average Bonchev–Trinajstić information content (AvgIpc) is 2.61. The lowest BCUT2D eigenvalue weighted by Gasteiger charge is -2.27. The molecule has 1 rings (SSSR count). The van der Waals surface area contributed by atoms with E-state index in [2.05, 4.69) is 66.2 Å². The van der Waals surface area contributed by atoms with Gasteiger partial charge in [-0.2, -0.15) is 0 Å². The van der Waals surface area contributed by atoms with E-state index < -0.39 is 0 Å². The predicted octanol–water partition coefficient (Wildman–Crippen LogP) is 5.24. The Bertz CT molecular complexity index is 270. The molecule has 0 bridgehead atoms. The Morgan fingerprint density at radius 3 is 2.36 bits per heavy atom. The first-order chi connectivity index (χ1) is 6.65. The molecule has 0 atom stereocenters. The van der Waals surface area contributed by atoms with Crippen LogP contribution in [0.5, 0.6) is 0 Å². The molecule has 1 heterocycles. The van der Waals surface area contributed by atoms with Crippen molar-refractivity contribution in [1.29, 1.82) is 0 Å². The summed E-state index contributed by atoms with van der Waals surface area (Å²) in [7, 11) is 0. The molecule has 0 N–H and O–H groups in total. The Kier molecular flexibility index (Phi) is 5.68. The van der Waals surface area contributed by atoms with Crippen molar-refractivity contribution in [2.45, 2.75) is 19.8 Å². The van der Waals surface area contributed by atoms with Crippen LogP contribution >= 0.6 is 59.1 Å². The summed E-state index contributed by atoms with van der Waals surface area (Å²) in [5, 5.41) is 4.26. The molecule has 14 heavy (non-hydrogen) atoms. The molecule has 80 valence electrons. The summed E-state index contributed by atoms with van der Waals surface area (Å²) in [5.41, 5.74) is 0.365. The predicted molar refractivity (Wildman–Crippen MR) is 76.0 cm³/mol. The highest BCUT2D eigenvalue weighted by atomic mass is 79.9. The van der Waals surface area contributed by atoms with E-state index >= 15 is 0 Å². The fourth-order valence-electron chi connectivity index (χ4n) is 1.26. The molecule has 0 amide bonds. The van der Waals surface area contributed by atoms with Crippen LogP contribution in [-0.2, 0) is 6.42 Å². The molecule has 0 aromatic carbocycles. The van der Waals surface area contributed by atoms with Crippen LogP contribution in [0.2, 0.25) is 0 Å². The van der Waals surface area contributed by atoms with Gasteiger partial charge < -0.3 is 0 Å². The smallest absolute Gasteiger partial charge is 0.0285 e. The molecule has 0 aliphatic carbocycles. The highest BCUT2D eigenvalue weighted by Gasteiger charge is 2.26. The summed E-state index contributed by atoms with van der Waals surface area (Å²) in [6, 6.07) is 2.22. The van der Waals surface area contributed by atoms with E-state index in [9.17, 15) is 0 Å². The van der Waals surface area contributed by atoms with Gasteiger partial charge in [0, 0.05) is 25.4 Å². The van der Waals surface area contributed by atoms with Gasteiger partial charge in [-0.05, 0) is 40.3 Å². The Morgan fingerprint density at radius 1 is 1.36 bits per heavy atom. The molecule has 0 aliphatic rings. The molecular weight excluding hydrogens is 392 g/mol. The van der Waals surface area contributed by atoms with E-state index in [1.54, 1.807) is 0 Å². The quantitative estimate of drug-likeness (QED) is 0.589. The first-order valence-corrected chi connectivity index (χ1v) is 8.42. The van der Waals surface area contributed by atoms with E-state index in [-0.39, 0.29) is 0 Å². The molecule has 0 aliphatic heterocycles. The van der Waals surface area contributed by atoms with Gasteiger partial charge in [0.05, 0.1) is 0 Å². The van der Waals surface area contributed by atoms with Crippen LogP contribution in [0.3, 0.4) is 0 Å². The van der Waals surface area contributed by atoms with Crippen molar-refractivity contribution in [2.75, 3.05) is 10.7 Å². The third-order valence-electron chi connectivity index (χ3n) is 2.49. The van der Waals surface area contributed by atoms with Crippen molar-refractivity contribution in [3.05, 3.63) is 20.8 Å². The van der Waals surface area contributed by atoms with Crippen molar-refractivity contribution < 1.29 is 0 Å². The molecule has 0 spiro atoms. The summed E-state index contributed by atoms with van der Waals surface area (Å²) < 4.78 is 1.20. The van der Waals surface area contributed by atoms with Gasteiger partial charge in [0.25, 0.3) is 0 Å². The Labute approximate surface area is 115 Å². The number of rotatable bonds is 5. The van der Waals surface area contributed by atoms with Gasteiger partial charge in [0.2, 0.25) is 0 Å². The number of halogens is 3.